The Morgan fingerprint density at radius 2 is 1.88 bits per heavy atom. The monoisotopic (exact) mass is 350 g/mol. The van der Waals surface area contributed by atoms with Crippen LogP contribution in [0.4, 0.5) is 4.79 Å². The average Bonchev–Trinajstić information content (AvgIpc) is 2.96. The number of benzene rings is 1. The fraction of sp³-hybridized carbons (Fsp3) is 0.650. The van der Waals surface area contributed by atoms with E-state index in [1.54, 1.807) is 4.90 Å². The third kappa shape index (κ3) is 6.01. The molecule has 1 amide bonds. The molecule has 0 aromatic heterocycles. The van der Waals surface area contributed by atoms with E-state index in [-0.39, 0.29) is 18.2 Å². The van der Waals surface area contributed by atoms with Gasteiger partial charge in [0.2, 0.25) is 0 Å². The highest BCUT2D eigenvalue weighted by Gasteiger charge is 2.37. The molecule has 0 spiro atoms. The van der Waals surface area contributed by atoms with Crippen molar-refractivity contribution in [2.45, 2.75) is 78.2 Å². The van der Waals surface area contributed by atoms with Crippen LogP contribution >= 0.6 is 0 Å². The van der Waals surface area contributed by atoms with Gasteiger partial charge in [0, 0.05) is 6.04 Å². The number of rotatable bonds is 3. The summed E-state index contributed by atoms with van der Waals surface area (Å²) in [4.78, 5) is 14.0. The maximum Gasteiger partial charge on any atom is 0.410 e. The first-order valence-corrected chi connectivity index (χ1v) is 9.24. The molecule has 1 fully saturated rings. The van der Waals surface area contributed by atoms with Gasteiger partial charge >= 0.3 is 6.09 Å². The maximum atomic E-state index is 12.4. The van der Waals surface area contributed by atoms with Crippen LogP contribution in [0.1, 0.15) is 77.6 Å². The van der Waals surface area contributed by atoms with E-state index in [1.165, 1.54) is 0 Å². The highest BCUT2D eigenvalue weighted by Crippen LogP contribution is 2.34. The summed E-state index contributed by atoms with van der Waals surface area (Å²) in [5.74, 6) is 0. The second kappa shape index (κ2) is 9.20. The minimum atomic E-state index is -0.549. The first kappa shape index (κ1) is 21.5. The van der Waals surface area contributed by atoms with Gasteiger partial charge in [-0.05, 0) is 44.7 Å². The molecule has 1 aromatic rings. The molecule has 1 aliphatic rings. The average molecular weight is 351 g/mol. The predicted molar refractivity (Wildman–Crippen MR) is 101 cm³/mol. The molecule has 3 atom stereocenters. The van der Waals surface area contributed by atoms with Gasteiger partial charge < -0.3 is 15.6 Å². The number of likely N-dealkylation sites (tertiary alicyclic amines) is 1. The van der Waals surface area contributed by atoms with Crippen LogP contribution in [-0.4, -0.2) is 34.3 Å². The molecule has 5 nitrogen and oxygen atoms in total. The van der Waals surface area contributed by atoms with Crippen molar-refractivity contribution in [2.24, 2.45) is 5.73 Å². The number of nitrogens with zero attached hydrogens (tertiary/aromatic N) is 1. The lowest BCUT2D eigenvalue weighted by Crippen LogP contribution is -2.37. The third-order valence-corrected chi connectivity index (χ3v) is 4.10. The lowest BCUT2D eigenvalue weighted by Gasteiger charge is -2.28. The summed E-state index contributed by atoms with van der Waals surface area (Å²) < 4.78 is 5.46. The van der Waals surface area contributed by atoms with Crippen molar-refractivity contribution < 1.29 is 14.6 Å². The minimum absolute atomic E-state index is 0.0279. The Balaban J connectivity index is 0.00000151. The Morgan fingerprint density at radius 3 is 2.36 bits per heavy atom. The minimum Gasteiger partial charge on any atom is -0.444 e. The SMILES string of the molecule is CC.CCC(N)c1ccc([C@H]2C[C@@H](O)CN2C(=O)OC(C)(C)C)cc1. The van der Waals surface area contributed by atoms with Crippen molar-refractivity contribution in [1.82, 2.24) is 4.90 Å². The number of β-amino-alcohol motifs (C(OH)–C–C–N with tert-alkyl or cyclic N) is 1. The summed E-state index contributed by atoms with van der Waals surface area (Å²) in [7, 11) is 0. The van der Waals surface area contributed by atoms with Crippen LogP contribution in [-0.2, 0) is 4.74 Å². The van der Waals surface area contributed by atoms with Gasteiger partial charge in [-0.2, -0.15) is 0 Å². The molecular formula is C20H34N2O3. The maximum absolute atomic E-state index is 12.4. The summed E-state index contributed by atoms with van der Waals surface area (Å²) in [6.45, 7) is 11.9. The van der Waals surface area contributed by atoms with Crippen molar-refractivity contribution in [3.8, 4) is 0 Å². The number of ether oxygens (including phenoxy) is 1. The van der Waals surface area contributed by atoms with Gasteiger partial charge in [0.1, 0.15) is 5.60 Å². The van der Waals surface area contributed by atoms with Crippen molar-refractivity contribution in [2.75, 3.05) is 6.54 Å². The van der Waals surface area contributed by atoms with E-state index in [0.717, 1.165) is 17.5 Å². The molecule has 0 saturated carbocycles. The van der Waals surface area contributed by atoms with Crippen molar-refractivity contribution in [3.63, 3.8) is 0 Å². The Morgan fingerprint density at radius 1 is 1.32 bits per heavy atom. The Labute approximate surface area is 152 Å². The Kier molecular flexibility index (Phi) is 7.90. The zero-order chi connectivity index (χ0) is 19.2. The van der Waals surface area contributed by atoms with Gasteiger partial charge in [0.15, 0.2) is 0 Å². The highest BCUT2D eigenvalue weighted by molar-refractivity contribution is 5.69. The molecule has 142 valence electrons. The second-order valence-corrected chi connectivity index (χ2v) is 7.22. The van der Waals surface area contributed by atoms with Crippen LogP contribution in [0.15, 0.2) is 24.3 Å². The Hall–Kier alpha value is -1.59. The van der Waals surface area contributed by atoms with Crippen LogP contribution in [0.25, 0.3) is 0 Å². The highest BCUT2D eigenvalue weighted by atomic mass is 16.6. The van der Waals surface area contributed by atoms with E-state index in [9.17, 15) is 9.90 Å². The molecule has 25 heavy (non-hydrogen) atoms. The zero-order valence-corrected chi connectivity index (χ0v) is 16.5. The normalized spacial score (nSPS) is 21.4. The third-order valence-electron chi connectivity index (χ3n) is 4.10. The van der Waals surface area contributed by atoms with Crippen LogP contribution in [0.5, 0.6) is 0 Å². The van der Waals surface area contributed by atoms with Gasteiger partial charge in [0.05, 0.1) is 18.7 Å². The molecule has 0 radical (unpaired) electrons. The molecule has 0 bridgehead atoms. The molecule has 1 saturated heterocycles. The summed E-state index contributed by atoms with van der Waals surface area (Å²) >= 11 is 0. The summed E-state index contributed by atoms with van der Waals surface area (Å²) in [5.41, 5.74) is 7.57. The summed E-state index contributed by atoms with van der Waals surface area (Å²) in [5, 5.41) is 9.99. The fourth-order valence-electron chi connectivity index (χ4n) is 2.85. The van der Waals surface area contributed by atoms with Crippen LogP contribution < -0.4 is 5.73 Å². The molecule has 1 heterocycles. The van der Waals surface area contributed by atoms with E-state index in [2.05, 4.69) is 6.92 Å². The van der Waals surface area contributed by atoms with Crippen molar-refractivity contribution in [1.29, 1.82) is 0 Å². The molecule has 3 N–H and O–H groups in total. The van der Waals surface area contributed by atoms with E-state index in [4.69, 9.17) is 10.5 Å². The summed E-state index contributed by atoms with van der Waals surface area (Å²) in [6.07, 6.45) is 0.503. The lowest BCUT2D eigenvalue weighted by molar-refractivity contribution is 0.0206. The molecule has 2 rings (SSSR count). The predicted octanol–water partition coefficient (Wildman–Crippen LogP) is 4.17. The van der Waals surface area contributed by atoms with Crippen LogP contribution in [0, 0.1) is 0 Å². The van der Waals surface area contributed by atoms with E-state index in [1.807, 2.05) is 58.9 Å². The summed E-state index contributed by atoms with van der Waals surface area (Å²) in [6, 6.07) is 7.85. The zero-order valence-electron chi connectivity index (χ0n) is 16.5. The van der Waals surface area contributed by atoms with Gasteiger partial charge in [-0.3, -0.25) is 4.90 Å². The topological polar surface area (TPSA) is 75.8 Å². The van der Waals surface area contributed by atoms with Crippen molar-refractivity contribution in [3.05, 3.63) is 35.4 Å². The smallest absolute Gasteiger partial charge is 0.410 e. The first-order chi connectivity index (χ1) is 11.7. The standard InChI is InChI=1S/C18H28N2O3.C2H6/c1-5-15(19)12-6-8-13(9-7-12)16-10-14(21)11-20(16)17(22)23-18(2,3)4;1-2/h6-9,14-16,21H,5,10-11,19H2,1-4H3;1-2H3/t14-,15?,16-;/m1./s1. The molecular weight excluding hydrogens is 316 g/mol. The second-order valence-electron chi connectivity index (χ2n) is 7.22. The fourth-order valence-corrected chi connectivity index (χ4v) is 2.85. The quantitative estimate of drug-likeness (QED) is 0.858. The van der Waals surface area contributed by atoms with Gasteiger partial charge in [0.25, 0.3) is 0 Å². The first-order valence-electron chi connectivity index (χ1n) is 9.24. The number of nitrogens with two attached hydrogens (primary N) is 1. The van der Waals surface area contributed by atoms with Crippen molar-refractivity contribution >= 4 is 6.09 Å². The number of carbonyl (C=O) groups is 1. The van der Waals surface area contributed by atoms with Gasteiger partial charge in [-0.25, -0.2) is 4.79 Å². The van der Waals surface area contributed by atoms with Crippen LogP contribution in [0.3, 0.4) is 0 Å². The molecule has 1 aromatic carbocycles. The molecule has 1 aliphatic heterocycles. The lowest BCUT2D eigenvalue weighted by atomic mass is 9.99. The number of hydrogen-bond acceptors (Lipinski definition) is 4. The van der Waals surface area contributed by atoms with E-state index in [0.29, 0.717) is 13.0 Å². The molecule has 5 heteroatoms. The Bertz CT molecular complexity index is 537. The largest absolute Gasteiger partial charge is 0.444 e. The number of aliphatic hydroxyl groups is 1. The number of carbonyl (C=O) groups excluding carboxylic acids is 1. The number of amides is 1. The van der Waals surface area contributed by atoms with Gasteiger partial charge in [-0.1, -0.05) is 45.0 Å². The van der Waals surface area contributed by atoms with E-state index >= 15 is 0 Å². The van der Waals surface area contributed by atoms with E-state index < -0.39 is 11.7 Å². The molecule has 1 unspecified atom stereocenters. The molecule has 0 aliphatic carbocycles. The number of aliphatic hydroxyl groups excluding tert-OH is 1. The van der Waals surface area contributed by atoms with Crippen LogP contribution in [0.2, 0.25) is 0 Å². The van der Waals surface area contributed by atoms with Gasteiger partial charge in [-0.15, -0.1) is 0 Å². The number of hydrogen-bond donors (Lipinski definition) is 2.